The molecular formula is C22H29N5OS. The maximum absolute atomic E-state index is 12.5. The van der Waals surface area contributed by atoms with E-state index >= 15 is 0 Å². The van der Waals surface area contributed by atoms with Crippen LogP contribution in [0.1, 0.15) is 20.3 Å². The van der Waals surface area contributed by atoms with Crippen LogP contribution in [0.3, 0.4) is 0 Å². The van der Waals surface area contributed by atoms with Crippen molar-refractivity contribution >= 4 is 28.6 Å². The Bertz CT molecular complexity index is 834. The number of carbonyl (C=O) groups is 1. The molecule has 1 aromatic carbocycles. The standard InChI is InChI=1S/C22H29N5OS/c1-16(2)13-20(22(28)25-8-7-23)26-21-15-29-14-19(21)17-3-5-18(6-4-17)27-11-9-24-10-12-27/h3-6,14-16,20,24,26H,8-13H2,1-2H3,(H,25,28)/t20-/m0/s1. The van der Waals surface area contributed by atoms with Gasteiger partial charge in [0.25, 0.3) is 0 Å². The molecular weight excluding hydrogens is 382 g/mol. The SMILES string of the molecule is CC(C)C[C@H](Nc1cscc1-c1ccc(N2CCNCC2)cc1)C(=O)NCC#N. The summed E-state index contributed by atoms with van der Waals surface area (Å²) < 4.78 is 0. The van der Waals surface area contributed by atoms with Crippen molar-refractivity contribution in [2.24, 2.45) is 5.92 Å². The minimum Gasteiger partial charge on any atom is -0.372 e. The number of hydrogen-bond acceptors (Lipinski definition) is 6. The lowest BCUT2D eigenvalue weighted by molar-refractivity contribution is -0.121. The van der Waals surface area contributed by atoms with Crippen LogP contribution < -0.4 is 20.9 Å². The third-order valence-corrected chi connectivity index (χ3v) is 5.76. The highest BCUT2D eigenvalue weighted by molar-refractivity contribution is 7.08. The number of nitrogens with one attached hydrogen (secondary N) is 3. The molecule has 1 aromatic heterocycles. The molecule has 1 amide bonds. The second-order valence-electron chi connectivity index (χ2n) is 7.69. The average Bonchev–Trinajstić information content (AvgIpc) is 3.20. The first-order chi connectivity index (χ1) is 14.1. The van der Waals surface area contributed by atoms with E-state index in [-0.39, 0.29) is 18.5 Å². The van der Waals surface area contributed by atoms with E-state index in [1.54, 1.807) is 11.3 Å². The third-order valence-electron chi connectivity index (χ3n) is 5.02. The summed E-state index contributed by atoms with van der Waals surface area (Å²) >= 11 is 1.62. The van der Waals surface area contributed by atoms with Crippen LogP contribution in [-0.2, 0) is 4.79 Å². The number of anilines is 2. The number of carbonyl (C=O) groups excluding carboxylic acids is 1. The zero-order valence-electron chi connectivity index (χ0n) is 17.1. The number of piperazine rings is 1. The molecule has 0 aliphatic carbocycles. The van der Waals surface area contributed by atoms with Crippen molar-refractivity contribution in [1.29, 1.82) is 5.26 Å². The summed E-state index contributed by atoms with van der Waals surface area (Å²) in [5.41, 5.74) is 4.44. The zero-order valence-corrected chi connectivity index (χ0v) is 17.9. The number of amides is 1. The van der Waals surface area contributed by atoms with Gasteiger partial charge in [-0.05, 0) is 30.0 Å². The lowest BCUT2D eigenvalue weighted by Gasteiger charge is -2.29. The molecule has 1 aliphatic rings. The van der Waals surface area contributed by atoms with Crippen molar-refractivity contribution in [1.82, 2.24) is 10.6 Å². The van der Waals surface area contributed by atoms with Crippen molar-refractivity contribution in [3.8, 4) is 17.2 Å². The van der Waals surface area contributed by atoms with E-state index in [1.165, 1.54) is 5.69 Å². The van der Waals surface area contributed by atoms with Crippen LogP contribution in [0, 0.1) is 17.2 Å². The highest BCUT2D eigenvalue weighted by Crippen LogP contribution is 2.34. The molecule has 0 bridgehead atoms. The molecule has 0 radical (unpaired) electrons. The first kappa shape index (κ1) is 21.2. The lowest BCUT2D eigenvalue weighted by Crippen LogP contribution is -2.43. The minimum absolute atomic E-state index is 0.0269. The number of benzene rings is 1. The molecule has 2 heterocycles. The van der Waals surface area contributed by atoms with Gasteiger partial charge in [-0.25, -0.2) is 0 Å². The zero-order chi connectivity index (χ0) is 20.6. The summed E-state index contributed by atoms with van der Waals surface area (Å²) in [5.74, 6) is 0.229. The van der Waals surface area contributed by atoms with E-state index in [0.29, 0.717) is 12.3 Å². The fourth-order valence-corrected chi connectivity index (χ4v) is 4.35. The monoisotopic (exact) mass is 411 g/mol. The molecule has 3 rings (SSSR count). The van der Waals surface area contributed by atoms with Crippen molar-refractivity contribution in [2.45, 2.75) is 26.3 Å². The fraction of sp³-hybridized carbons (Fsp3) is 0.455. The maximum atomic E-state index is 12.5. The van der Waals surface area contributed by atoms with Crippen LogP contribution in [0.15, 0.2) is 35.0 Å². The fourth-order valence-electron chi connectivity index (χ4n) is 3.55. The summed E-state index contributed by atoms with van der Waals surface area (Å²) in [6, 6.07) is 10.3. The Labute approximate surface area is 176 Å². The highest BCUT2D eigenvalue weighted by Gasteiger charge is 2.21. The molecule has 1 aliphatic heterocycles. The molecule has 6 nitrogen and oxygen atoms in total. The molecule has 154 valence electrons. The second kappa shape index (κ2) is 10.3. The summed E-state index contributed by atoms with van der Waals surface area (Å²) in [6.45, 7) is 8.31. The molecule has 2 aromatic rings. The molecule has 29 heavy (non-hydrogen) atoms. The highest BCUT2D eigenvalue weighted by atomic mass is 32.1. The smallest absolute Gasteiger partial charge is 0.243 e. The van der Waals surface area contributed by atoms with Crippen molar-refractivity contribution in [2.75, 3.05) is 42.9 Å². The van der Waals surface area contributed by atoms with Crippen LogP contribution in [0.4, 0.5) is 11.4 Å². The van der Waals surface area contributed by atoms with Gasteiger partial charge in [0, 0.05) is 48.2 Å². The lowest BCUT2D eigenvalue weighted by atomic mass is 10.0. The third kappa shape index (κ3) is 5.72. The number of nitriles is 1. The molecule has 1 saturated heterocycles. The van der Waals surface area contributed by atoms with E-state index in [9.17, 15) is 4.79 Å². The first-order valence-electron chi connectivity index (χ1n) is 10.1. The molecule has 0 spiro atoms. The Balaban J connectivity index is 1.75. The molecule has 1 atom stereocenters. The molecule has 3 N–H and O–H groups in total. The van der Waals surface area contributed by atoms with E-state index < -0.39 is 0 Å². The van der Waals surface area contributed by atoms with Crippen LogP contribution in [0.5, 0.6) is 0 Å². The second-order valence-corrected chi connectivity index (χ2v) is 8.43. The summed E-state index contributed by atoms with van der Waals surface area (Å²) in [4.78, 5) is 14.9. The molecule has 1 fully saturated rings. The van der Waals surface area contributed by atoms with Crippen molar-refractivity contribution in [3.63, 3.8) is 0 Å². The van der Waals surface area contributed by atoms with Crippen LogP contribution in [-0.4, -0.2) is 44.7 Å². The average molecular weight is 412 g/mol. The Morgan fingerprint density at radius 3 is 2.62 bits per heavy atom. The topological polar surface area (TPSA) is 80.2 Å². The van der Waals surface area contributed by atoms with Gasteiger partial charge in [-0.1, -0.05) is 26.0 Å². The van der Waals surface area contributed by atoms with E-state index in [1.807, 2.05) is 11.4 Å². The first-order valence-corrected chi connectivity index (χ1v) is 11.1. The van der Waals surface area contributed by atoms with Gasteiger partial charge in [-0.2, -0.15) is 5.26 Å². The van der Waals surface area contributed by atoms with Crippen molar-refractivity contribution < 1.29 is 4.79 Å². The maximum Gasteiger partial charge on any atom is 0.243 e. The molecule has 0 unspecified atom stereocenters. The van der Waals surface area contributed by atoms with Crippen LogP contribution >= 0.6 is 11.3 Å². The van der Waals surface area contributed by atoms with E-state index in [4.69, 9.17) is 5.26 Å². The van der Waals surface area contributed by atoms with Gasteiger partial charge in [0.15, 0.2) is 0 Å². The Morgan fingerprint density at radius 2 is 1.97 bits per heavy atom. The predicted octanol–water partition coefficient (Wildman–Crippen LogP) is 3.29. The number of rotatable bonds is 8. The number of nitrogens with zero attached hydrogens (tertiary/aromatic N) is 2. The van der Waals surface area contributed by atoms with Crippen LogP contribution in [0.2, 0.25) is 0 Å². The van der Waals surface area contributed by atoms with Gasteiger partial charge in [-0.15, -0.1) is 11.3 Å². The van der Waals surface area contributed by atoms with Gasteiger partial charge < -0.3 is 20.9 Å². The largest absolute Gasteiger partial charge is 0.372 e. The Hall–Kier alpha value is -2.56. The van der Waals surface area contributed by atoms with E-state index in [2.05, 4.69) is 64.3 Å². The Kier molecular flexibility index (Phi) is 7.50. The van der Waals surface area contributed by atoms with Gasteiger partial charge in [0.05, 0.1) is 11.8 Å². The minimum atomic E-state index is -0.364. The van der Waals surface area contributed by atoms with Gasteiger partial charge in [0.1, 0.15) is 12.6 Å². The summed E-state index contributed by atoms with van der Waals surface area (Å²) in [7, 11) is 0. The Morgan fingerprint density at radius 1 is 1.24 bits per heavy atom. The van der Waals surface area contributed by atoms with Gasteiger partial charge in [-0.3, -0.25) is 4.79 Å². The number of hydrogen-bond donors (Lipinski definition) is 3. The molecule has 0 saturated carbocycles. The normalized spacial score (nSPS) is 15.0. The molecule has 7 heteroatoms. The summed E-state index contributed by atoms with van der Waals surface area (Å²) in [6.07, 6.45) is 0.703. The predicted molar refractivity (Wildman–Crippen MR) is 120 cm³/mol. The number of thiophene rings is 1. The van der Waals surface area contributed by atoms with Gasteiger partial charge in [0.2, 0.25) is 5.91 Å². The van der Waals surface area contributed by atoms with Crippen molar-refractivity contribution in [3.05, 3.63) is 35.0 Å². The summed E-state index contributed by atoms with van der Waals surface area (Å²) in [5, 5.41) is 22.4. The van der Waals surface area contributed by atoms with E-state index in [0.717, 1.165) is 43.0 Å². The van der Waals surface area contributed by atoms with Crippen LogP contribution in [0.25, 0.3) is 11.1 Å². The quantitative estimate of drug-likeness (QED) is 0.581. The van der Waals surface area contributed by atoms with Gasteiger partial charge >= 0.3 is 0 Å².